The van der Waals surface area contributed by atoms with Gasteiger partial charge in [0.05, 0.1) is 7.11 Å². The van der Waals surface area contributed by atoms with Crippen molar-refractivity contribution in [2.75, 3.05) is 33.1 Å². The summed E-state index contributed by atoms with van der Waals surface area (Å²) in [5.41, 5.74) is 0. The Labute approximate surface area is 114 Å². The Bertz CT molecular complexity index is 554. The summed E-state index contributed by atoms with van der Waals surface area (Å²) in [4.78, 5) is 6.60. The molecule has 1 aromatic carbocycles. The highest BCUT2D eigenvalue weighted by Gasteiger charge is 2.09. The van der Waals surface area contributed by atoms with Crippen molar-refractivity contribution in [3.8, 4) is 5.75 Å². The molecule has 0 saturated carbocycles. The molecule has 1 heterocycles. The minimum Gasteiger partial charge on any atom is -0.496 e. The summed E-state index contributed by atoms with van der Waals surface area (Å²) in [6.45, 7) is 3.11. The van der Waals surface area contributed by atoms with Crippen LogP contribution in [0.2, 0.25) is 0 Å². The third kappa shape index (κ3) is 3.15. The summed E-state index contributed by atoms with van der Waals surface area (Å²) < 4.78 is 5.39. The summed E-state index contributed by atoms with van der Waals surface area (Å²) in [5, 5.41) is 5.63. The zero-order valence-electron chi connectivity index (χ0n) is 12.0. The van der Waals surface area contributed by atoms with E-state index in [0.29, 0.717) is 6.04 Å². The molecule has 0 amide bonds. The van der Waals surface area contributed by atoms with Crippen molar-refractivity contribution in [2.45, 2.75) is 13.0 Å². The monoisotopic (exact) mass is 259 g/mol. The molecule has 0 fully saturated rings. The number of anilines is 1. The van der Waals surface area contributed by atoms with Gasteiger partial charge in [-0.1, -0.05) is 12.1 Å². The van der Waals surface area contributed by atoms with Crippen LogP contribution in [0.25, 0.3) is 10.8 Å². The van der Waals surface area contributed by atoms with Gasteiger partial charge in [0.2, 0.25) is 0 Å². The van der Waals surface area contributed by atoms with Crippen molar-refractivity contribution in [3.63, 3.8) is 0 Å². The van der Waals surface area contributed by atoms with Crippen LogP contribution in [0.4, 0.5) is 5.82 Å². The van der Waals surface area contributed by atoms with Gasteiger partial charge >= 0.3 is 0 Å². The van der Waals surface area contributed by atoms with E-state index >= 15 is 0 Å². The number of ether oxygens (including phenoxy) is 1. The molecule has 4 heteroatoms. The smallest absolute Gasteiger partial charge is 0.134 e. The molecule has 19 heavy (non-hydrogen) atoms. The van der Waals surface area contributed by atoms with Gasteiger partial charge in [-0.05, 0) is 33.2 Å². The largest absolute Gasteiger partial charge is 0.496 e. The molecule has 102 valence electrons. The second-order valence-corrected chi connectivity index (χ2v) is 5.02. The fraction of sp³-hybridized carbons (Fsp3) is 0.400. The van der Waals surface area contributed by atoms with Gasteiger partial charge in [0, 0.05) is 29.6 Å². The molecule has 2 rings (SSSR count). The van der Waals surface area contributed by atoms with E-state index in [-0.39, 0.29) is 0 Å². The van der Waals surface area contributed by atoms with E-state index in [2.05, 4.69) is 42.3 Å². The van der Waals surface area contributed by atoms with E-state index < -0.39 is 0 Å². The first-order valence-corrected chi connectivity index (χ1v) is 6.45. The van der Waals surface area contributed by atoms with Crippen LogP contribution in [0.15, 0.2) is 30.5 Å². The average molecular weight is 259 g/mol. The Morgan fingerprint density at radius 1 is 1.26 bits per heavy atom. The highest BCUT2D eigenvalue weighted by molar-refractivity contribution is 5.95. The van der Waals surface area contributed by atoms with E-state index in [1.165, 1.54) is 0 Å². The third-order valence-corrected chi connectivity index (χ3v) is 3.01. The number of hydrogen-bond donors (Lipinski definition) is 1. The zero-order valence-corrected chi connectivity index (χ0v) is 12.0. The summed E-state index contributed by atoms with van der Waals surface area (Å²) in [5.74, 6) is 1.79. The second kappa shape index (κ2) is 5.89. The molecule has 0 aliphatic heterocycles. The summed E-state index contributed by atoms with van der Waals surface area (Å²) in [6.07, 6.45) is 1.82. The first kappa shape index (κ1) is 13.6. The van der Waals surface area contributed by atoms with Crippen LogP contribution < -0.4 is 10.1 Å². The lowest BCUT2D eigenvalue weighted by molar-refractivity contribution is 0.392. The fourth-order valence-corrected chi connectivity index (χ4v) is 2.30. The topological polar surface area (TPSA) is 37.4 Å². The lowest BCUT2D eigenvalue weighted by Gasteiger charge is -2.20. The molecule has 0 bridgehead atoms. The normalized spacial score (nSPS) is 12.7. The van der Waals surface area contributed by atoms with Crippen molar-refractivity contribution in [3.05, 3.63) is 30.5 Å². The number of pyridine rings is 1. The molecule has 1 N–H and O–H groups in total. The Morgan fingerprint density at radius 2 is 2.05 bits per heavy atom. The maximum absolute atomic E-state index is 5.39. The average Bonchev–Trinajstić information content (AvgIpc) is 2.37. The van der Waals surface area contributed by atoms with Crippen LogP contribution in [-0.2, 0) is 0 Å². The molecule has 0 aliphatic rings. The van der Waals surface area contributed by atoms with Crippen molar-refractivity contribution in [1.29, 1.82) is 0 Å². The molecule has 1 aromatic heterocycles. The quantitative estimate of drug-likeness (QED) is 0.895. The van der Waals surface area contributed by atoms with E-state index in [0.717, 1.165) is 28.9 Å². The predicted octanol–water partition coefficient (Wildman–Crippen LogP) is 2.61. The van der Waals surface area contributed by atoms with Gasteiger partial charge in [-0.15, -0.1) is 0 Å². The van der Waals surface area contributed by atoms with Crippen LogP contribution in [0.5, 0.6) is 5.75 Å². The molecule has 1 unspecified atom stereocenters. The number of likely N-dealkylation sites (N-methyl/N-ethyl adjacent to an activating group) is 1. The van der Waals surface area contributed by atoms with E-state index in [1.807, 2.05) is 24.4 Å². The number of hydrogen-bond acceptors (Lipinski definition) is 4. The van der Waals surface area contributed by atoms with E-state index in [9.17, 15) is 0 Å². The first-order valence-electron chi connectivity index (χ1n) is 6.45. The molecule has 2 aromatic rings. The molecule has 0 radical (unpaired) electrons. The van der Waals surface area contributed by atoms with Gasteiger partial charge in [-0.2, -0.15) is 0 Å². The zero-order chi connectivity index (χ0) is 13.8. The Morgan fingerprint density at radius 3 is 2.74 bits per heavy atom. The van der Waals surface area contributed by atoms with E-state index in [4.69, 9.17) is 4.74 Å². The predicted molar refractivity (Wildman–Crippen MR) is 79.9 cm³/mol. The number of benzene rings is 1. The minimum absolute atomic E-state index is 0.333. The maximum atomic E-state index is 5.39. The van der Waals surface area contributed by atoms with Gasteiger partial charge in [-0.25, -0.2) is 4.98 Å². The number of rotatable bonds is 5. The van der Waals surface area contributed by atoms with Crippen molar-refractivity contribution in [2.24, 2.45) is 0 Å². The molecule has 0 saturated heterocycles. The molecule has 0 spiro atoms. The SMILES string of the molecule is COc1cccc2c(NC(C)CN(C)C)nccc12. The van der Waals surface area contributed by atoms with Crippen molar-refractivity contribution >= 4 is 16.6 Å². The molecular formula is C15H21N3O. The van der Waals surface area contributed by atoms with Gasteiger partial charge in [0.1, 0.15) is 11.6 Å². The summed E-state index contributed by atoms with van der Waals surface area (Å²) in [6, 6.07) is 8.34. The lowest BCUT2D eigenvalue weighted by atomic mass is 10.1. The molecule has 1 atom stereocenters. The highest BCUT2D eigenvalue weighted by Crippen LogP contribution is 2.29. The summed E-state index contributed by atoms with van der Waals surface area (Å²) >= 11 is 0. The van der Waals surface area contributed by atoms with Gasteiger partial charge in [-0.3, -0.25) is 0 Å². The number of fused-ring (bicyclic) bond motifs is 1. The van der Waals surface area contributed by atoms with Crippen LogP contribution >= 0.6 is 0 Å². The number of nitrogens with zero attached hydrogens (tertiary/aromatic N) is 2. The maximum Gasteiger partial charge on any atom is 0.134 e. The standard InChI is InChI=1S/C15H21N3O/c1-11(10-18(2)3)17-15-13-6-5-7-14(19-4)12(13)8-9-16-15/h5-9,11H,10H2,1-4H3,(H,16,17). The molecular weight excluding hydrogens is 238 g/mol. The third-order valence-electron chi connectivity index (χ3n) is 3.01. The highest BCUT2D eigenvalue weighted by atomic mass is 16.5. The lowest BCUT2D eigenvalue weighted by Crippen LogP contribution is -2.30. The van der Waals surface area contributed by atoms with Crippen LogP contribution in [-0.4, -0.2) is 43.7 Å². The first-order chi connectivity index (χ1) is 9.11. The van der Waals surface area contributed by atoms with E-state index in [1.54, 1.807) is 7.11 Å². The minimum atomic E-state index is 0.333. The van der Waals surface area contributed by atoms with Gasteiger partial charge < -0.3 is 15.0 Å². The Balaban J connectivity index is 2.33. The van der Waals surface area contributed by atoms with Crippen LogP contribution in [0, 0.1) is 0 Å². The van der Waals surface area contributed by atoms with Crippen molar-refractivity contribution in [1.82, 2.24) is 9.88 Å². The van der Waals surface area contributed by atoms with Gasteiger partial charge in [0.15, 0.2) is 0 Å². The molecule has 4 nitrogen and oxygen atoms in total. The number of aromatic nitrogens is 1. The van der Waals surface area contributed by atoms with Gasteiger partial charge in [0.25, 0.3) is 0 Å². The fourth-order valence-electron chi connectivity index (χ4n) is 2.30. The number of nitrogens with one attached hydrogen (secondary N) is 1. The molecule has 0 aliphatic carbocycles. The Kier molecular flexibility index (Phi) is 4.22. The number of methoxy groups -OCH3 is 1. The second-order valence-electron chi connectivity index (χ2n) is 5.02. The van der Waals surface area contributed by atoms with Crippen LogP contribution in [0.3, 0.4) is 0 Å². The van der Waals surface area contributed by atoms with Crippen molar-refractivity contribution < 1.29 is 4.74 Å². The van der Waals surface area contributed by atoms with Crippen LogP contribution in [0.1, 0.15) is 6.92 Å². The summed E-state index contributed by atoms with van der Waals surface area (Å²) in [7, 11) is 5.83. The Hall–Kier alpha value is -1.81.